The molecule has 1 aromatic rings. The highest BCUT2D eigenvalue weighted by Crippen LogP contribution is 2.01. The van der Waals surface area contributed by atoms with Gasteiger partial charge in [-0.1, -0.05) is 5.92 Å². The number of hydrogen-bond acceptors (Lipinski definition) is 4. The summed E-state index contributed by atoms with van der Waals surface area (Å²) in [6.45, 7) is 4.78. The van der Waals surface area contributed by atoms with Gasteiger partial charge >= 0.3 is 0 Å². The first kappa shape index (κ1) is 13.6. The quantitative estimate of drug-likeness (QED) is 0.741. The van der Waals surface area contributed by atoms with Crippen LogP contribution in [0.1, 0.15) is 16.2 Å². The largest absolute Gasteiger partial charge is 0.379 e. The van der Waals surface area contributed by atoms with Crippen LogP contribution < -0.4 is 5.32 Å². The first-order valence-electron chi connectivity index (χ1n) is 6.29. The molecule has 19 heavy (non-hydrogen) atoms. The molecule has 0 unspecified atom stereocenters. The van der Waals surface area contributed by atoms with Crippen LogP contribution in [-0.2, 0) is 11.8 Å². The second kappa shape index (κ2) is 6.36. The molecule has 2 rings (SSSR count). The zero-order valence-electron chi connectivity index (χ0n) is 11.1. The molecule has 1 aromatic heterocycles. The Morgan fingerprint density at radius 3 is 2.95 bits per heavy atom. The van der Waals surface area contributed by atoms with E-state index in [9.17, 15) is 4.79 Å². The Hall–Kier alpha value is -1.84. The van der Waals surface area contributed by atoms with Crippen molar-refractivity contribution < 1.29 is 9.53 Å². The third-order valence-corrected chi connectivity index (χ3v) is 3.08. The maximum Gasteiger partial charge on any atom is 0.271 e. The van der Waals surface area contributed by atoms with E-state index in [1.807, 2.05) is 0 Å². The summed E-state index contributed by atoms with van der Waals surface area (Å²) in [5, 5.41) is 6.92. The van der Waals surface area contributed by atoms with E-state index in [-0.39, 0.29) is 5.91 Å². The number of aromatic nitrogens is 2. The number of aryl methyl sites for hydroxylation is 1. The Morgan fingerprint density at radius 2 is 2.32 bits per heavy atom. The maximum atomic E-state index is 11.9. The minimum absolute atomic E-state index is 0.189. The minimum Gasteiger partial charge on any atom is -0.379 e. The van der Waals surface area contributed by atoms with Gasteiger partial charge in [-0.25, -0.2) is 0 Å². The molecule has 1 fully saturated rings. The molecule has 102 valence electrons. The van der Waals surface area contributed by atoms with Crippen LogP contribution in [0.3, 0.4) is 0 Å². The van der Waals surface area contributed by atoms with Gasteiger partial charge in [0.05, 0.1) is 13.2 Å². The molecule has 0 saturated carbocycles. The Bertz CT molecular complexity index is 483. The molecule has 0 aromatic carbocycles. The SMILES string of the molecule is C#Cc1cc(C(=O)NCCN2CCOCC2)nn1C. The smallest absolute Gasteiger partial charge is 0.271 e. The van der Waals surface area contributed by atoms with Gasteiger partial charge < -0.3 is 10.1 Å². The summed E-state index contributed by atoms with van der Waals surface area (Å²) in [5.74, 6) is 2.29. The zero-order valence-corrected chi connectivity index (χ0v) is 11.1. The van der Waals surface area contributed by atoms with Crippen LogP contribution in [0.4, 0.5) is 0 Å². The Labute approximate surface area is 112 Å². The lowest BCUT2D eigenvalue weighted by Gasteiger charge is -2.26. The molecular formula is C13H18N4O2. The number of carbonyl (C=O) groups excluding carboxylic acids is 1. The predicted molar refractivity (Wildman–Crippen MR) is 70.7 cm³/mol. The second-order valence-electron chi connectivity index (χ2n) is 4.39. The van der Waals surface area contributed by atoms with E-state index in [4.69, 9.17) is 11.2 Å². The fourth-order valence-corrected chi connectivity index (χ4v) is 1.96. The lowest BCUT2D eigenvalue weighted by molar-refractivity contribution is 0.0383. The zero-order chi connectivity index (χ0) is 13.7. The molecule has 1 saturated heterocycles. The predicted octanol–water partition coefficient (Wildman–Crippen LogP) is -0.537. The molecule has 1 amide bonds. The molecule has 0 spiro atoms. The van der Waals surface area contributed by atoms with E-state index in [2.05, 4.69) is 21.2 Å². The van der Waals surface area contributed by atoms with Crippen LogP contribution in [0.25, 0.3) is 0 Å². The molecule has 1 N–H and O–H groups in total. The third kappa shape index (κ3) is 3.56. The van der Waals surface area contributed by atoms with Gasteiger partial charge in [0.2, 0.25) is 0 Å². The van der Waals surface area contributed by atoms with E-state index < -0.39 is 0 Å². The second-order valence-corrected chi connectivity index (χ2v) is 4.39. The normalized spacial score (nSPS) is 16.0. The van der Waals surface area contributed by atoms with Crippen LogP contribution in [-0.4, -0.2) is 60.0 Å². The van der Waals surface area contributed by atoms with Crippen molar-refractivity contribution in [1.82, 2.24) is 20.0 Å². The van der Waals surface area contributed by atoms with Gasteiger partial charge in [0.15, 0.2) is 5.69 Å². The highest BCUT2D eigenvalue weighted by molar-refractivity contribution is 5.92. The van der Waals surface area contributed by atoms with Gasteiger partial charge in [-0.3, -0.25) is 14.4 Å². The maximum absolute atomic E-state index is 11.9. The lowest BCUT2D eigenvalue weighted by Crippen LogP contribution is -2.41. The van der Waals surface area contributed by atoms with Crippen molar-refractivity contribution in [2.45, 2.75) is 0 Å². The van der Waals surface area contributed by atoms with Gasteiger partial charge in [-0.05, 0) is 0 Å². The van der Waals surface area contributed by atoms with E-state index >= 15 is 0 Å². The average Bonchev–Trinajstić information content (AvgIpc) is 2.81. The van der Waals surface area contributed by atoms with Crippen molar-refractivity contribution in [2.24, 2.45) is 7.05 Å². The summed E-state index contributed by atoms with van der Waals surface area (Å²) in [6.07, 6.45) is 5.30. The van der Waals surface area contributed by atoms with E-state index in [1.165, 1.54) is 4.68 Å². The molecule has 0 aliphatic carbocycles. The summed E-state index contributed by atoms with van der Waals surface area (Å²) >= 11 is 0. The number of nitrogens with one attached hydrogen (secondary N) is 1. The van der Waals surface area contributed by atoms with Gasteiger partial charge in [0, 0.05) is 39.3 Å². The first-order valence-corrected chi connectivity index (χ1v) is 6.29. The van der Waals surface area contributed by atoms with Crippen LogP contribution in [0.5, 0.6) is 0 Å². The fourth-order valence-electron chi connectivity index (χ4n) is 1.96. The Kier molecular flexibility index (Phi) is 4.55. The van der Waals surface area contributed by atoms with E-state index in [1.54, 1.807) is 13.1 Å². The number of terminal acetylenes is 1. The monoisotopic (exact) mass is 262 g/mol. The summed E-state index contributed by atoms with van der Waals surface area (Å²) in [7, 11) is 1.72. The number of amides is 1. The summed E-state index contributed by atoms with van der Waals surface area (Å²) < 4.78 is 6.79. The van der Waals surface area contributed by atoms with Crippen LogP contribution in [0, 0.1) is 12.3 Å². The van der Waals surface area contributed by atoms with Crippen molar-refractivity contribution in [3.05, 3.63) is 17.5 Å². The minimum atomic E-state index is -0.189. The molecule has 6 heteroatoms. The first-order chi connectivity index (χ1) is 9.20. The van der Waals surface area contributed by atoms with Gasteiger partial charge in [0.1, 0.15) is 5.69 Å². The number of morpholine rings is 1. The summed E-state index contributed by atoms with van der Waals surface area (Å²) in [5.41, 5.74) is 0.954. The van der Waals surface area contributed by atoms with Gasteiger partial charge in [-0.15, -0.1) is 6.42 Å². The highest BCUT2D eigenvalue weighted by atomic mass is 16.5. The van der Waals surface area contributed by atoms with E-state index in [0.717, 1.165) is 32.8 Å². The van der Waals surface area contributed by atoms with Crippen LogP contribution in [0.15, 0.2) is 6.07 Å². The number of hydrogen-bond donors (Lipinski definition) is 1. The molecule has 0 atom stereocenters. The van der Waals surface area contributed by atoms with Crippen molar-refractivity contribution in [3.8, 4) is 12.3 Å². The van der Waals surface area contributed by atoms with Gasteiger partial charge in [0.25, 0.3) is 5.91 Å². The molecular weight excluding hydrogens is 244 g/mol. The molecule has 0 radical (unpaired) electrons. The Morgan fingerprint density at radius 1 is 1.58 bits per heavy atom. The van der Waals surface area contributed by atoms with Gasteiger partial charge in [-0.2, -0.15) is 5.10 Å². The van der Waals surface area contributed by atoms with Crippen LogP contribution >= 0.6 is 0 Å². The van der Waals surface area contributed by atoms with E-state index in [0.29, 0.717) is 17.9 Å². The number of ether oxygens (including phenoxy) is 1. The average molecular weight is 262 g/mol. The van der Waals surface area contributed by atoms with Crippen LogP contribution in [0.2, 0.25) is 0 Å². The molecule has 0 bridgehead atoms. The number of nitrogens with zero attached hydrogens (tertiary/aromatic N) is 3. The Balaban J connectivity index is 1.79. The highest BCUT2D eigenvalue weighted by Gasteiger charge is 2.13. The summed E-state index contributed by atoms with van der Waals surface area (Å²) in [6, 6.07) is 1.62. The number of rotatable bonds is 4. The molecule has 6 nitrogen and oxygen atoms in total. The fraction of sp³-hybridized carbons (Fsp3) is 0.538. The van der Waals surface area contributed by atoms with Crippen molar-refractivity contribution in [2.75, 3.05) is 39.4 Å². The van der Waals surface area contributed by atoms with Crippen molar-refractivity contribution in [1.29, 1.82) is 0 Å². The molecule has 2 heterocycles. The van der Waals surface area contributed by atoms with Crippen molar-refractivity contribution in [3.63, 3.8) is 0 Å². The topological polar surface area (TPSA) is 59.4 Å². The molecule has 1 aliphatic heterocycles. The standard InChI is InChI=1S/C13H18N4O2/c1-3-11-10-12(15-16(11)2)13(18)14-4-5-17-6-8-19-9-7-17/h1,10H,4-9H2,2H3,(H,14,18). The van der Waals surface area contributed by atoms with Crippen molar-refractivity contribution >= 4 is 5.91 Å². The lowest BCUT2D eigenvalue weighted by atomic mass is 10.3. The number of carbonyl (C=O) groups is 1. The third-order valence-electron chi connectivity index (χ3n) is 3.08. The summed E-state index contributed by atoms with van der Waals surface area (Å²) in [4.78, 5) is 14.1. The molecule has 1 aliphatic rings.